The first-order valence-electron chi connectivity index (χ1n) is 5.67. The van der Waals surface area contributed by atoms with E-state index in [1.165, 1.54) is 6.07 Å². The van der Waals surface area contributed by atoms with Gasteiger partial charge >= 0.3 is 0 Å². The van der Waals surface area contributed by atoms with E-state index in [2.05, 4.69) is 25.4 Å². The van der Waals surface area contributed by atoms with Crippen LogP contribution in [-0.2, 0) is 0 Å². The minimum atomic E-state index is -0.157. The second-order valence-electron chi connectivity index (χ2n) is 4.04. The number of benzene rings is 1. The van der Waals surface area contributed by atoms with Gasteiger partial charge in [-0.25, -0.2) is 4.39 Å². The number of halogens is 1. The number of hydrogen-bond acceptors (Lipinski definition) is 2. The molecular formula is C13H20FNS. The molecule has 0 amide bonds. The summed E-state index contributed by atoms with van der Waals surface area (Å²) in [7, 11) is 0. The zero-order valence-electron chi connectivity index (χ0n) is 10.2. The molecule has 1 N–H and O–H groups in total. The molecule has 2 atom stereocenters. The second kappa shape index (κ2) is 6.92. The summed E-state index contributed by atoms with van der Waals surface area (Å²) in [6, 6.07) is 7.56. The minimum absolute atomic E-state index is 0.157. The number of hydrogen-bond donors (Lipinski definition) is 1. The molecule has 0 heterocycles. The van der Waals surface area contributed by atoms with E-state index in [9.17, 15) is 4.39 Å². The standard InChI is InChI=1S/C13H20FNS/c1-4-13(15-10(2)9-16-3)11-6-5-7-12(14)8-11/h5-8,10,13,15H,4,9H2,1-3H3. The highest BCUT2D eigenvalue weighted by Crippen LogP contribution is 2.18. The van der Waals surface area contributed by atoms with E-state index < -0.39 is 0 Å². The summed E-state index contributed by atoms with van der Waals surface area (Å²) in [5.74, 6) is 0.918. The fourth-order valence-corrected chi connectivity index (χ4v) is 2.41. The van der Waals surface area contributed by atoms with Crippen LogP contribution in [0.15, 0.2) is 24.3 Å². The molecule has 0 bridgehead atoms. The van der Waals surface area contributed by atoms with Gasteiger partial charge in [-0.15, -0.1) is 0 Å². The Hall–Kier alpha value is -0.540. The summed E-state index contributed by atoms with van der Waals surface area (Å²) in [6.45, 7) is 4.28. The Morgan fingerprint density at radius 1 is 1.44 bits per heavy atom. The molecular weight excluding hydrogens is 221 g/mol. The largest absolute Gasteiger partial charge is 0.307 e. The highest BCUT2D eigenvalue weighted by molar-refractivity contribution is 7.98. The molecule has 90 valence electrons. The lowest BCUT2D eigenvalue weighted by Gasteiger charge is -2.22. The van der Waals surface area contributed by atoms with Crippen LogP contribution in [0.1, 0.15) is 31.9 Å². The zero-order valence-corrected chi connectivity index (χ0v) is 11.0. The minimum Gasteiger partial charge on any atom is -0.307 e. The fourth-order valence-electron chi connectivity index (χ4n) is 1.81. The van der Waals surface area contributed by atoms with E-state index in [0.29, 0.717) is 6.04 Å². The van der Waals surface area contributed by atoms with Gasteiger partial charge in [-0.05, 0) is 37.3 Å². The molecule has 16 heavy (non-hydrogen) atoms. The SMILES string of the molecule is CCC(NC(C)CSC)c1cccc(F)c1. The van der Waals surface area contributed by atoms with Gasteiger partial charge in [0, 0.05) is 17.8 Å². The molecule has 0 fully saturated rings. The molecule has 3 heteroatoms. The number of nitrogens with one attached hydrogen (secondary N) is 1. The molecule has 1 rings (SSSR count). The third kappa shape index (κ3) is 4.14. The molecule has 1 aromatic rings. The first-order valence-corrected chi connectivity index (χ1v) is 7.07. The zero-order chi connectivity index (χ0) is 12.0. The molecule has 1 aromatic carbocycles. The van der Waals surface area contributed by atoms with E-state index >= 15 is 0 Å². The molecule has 0 aromatic heterocycles. The Kier molecular flexibility index (Phi) is 5.85. The van der Waals surface area contributed by atoms with E-state index in [0.717, 1.165) is 17.7 Å². The van der Waals surface area contributed by atoms with Crippen molar-refractivity contribution in [3.05, 3.63) is 35.6 Å². The lowest BCUT2D eigenvalue weighted by Crippen LogP contribution is -2.32. The van der Waals surface area contributed by atoms with Crippen LogP contribution in [0, 0.1) is 5.82 Å². The summed E-state index contributed by atoms with van der Waals surface area (Å²) < 4.78 is 13.1. The summed E-state index contributed by atoms with van der Waals surface area (Å²) in [5.41, 5.74) is 1.04. The maximum absolute atomic E-state index is 13.1. The van der Waals surface area contributed by atoms with Crippen molar-refractivity contribution in [2.24, 2.45) is 0 Å². The van der Waals surface area contributed by atoms with Crippen molar-refractivity contribution in [1.82, 2.24) is 5.32 Å². The summed E-state index contributed by atoms with van der Waals surface area (Å²) >= 11 is 1.82. The molecule has 0 saturated carbocycles. The van der Waals surface area contributed by atoms with Crippen molar-refractivity contribution >= 4 is 11.8 Å². The second-order valence-corrected chi connectivity index (χ2v) is 4.95. The van der Waals surface area contributed by atoms with Gasteiger partial charge in [0.05, 0.1) is 0 Å². The predicted molar refractivity (Wildman–Crippen MR) is 70.4 cm³/mol. The Morgan fingerprint density at radius 3 is 2.75 bits per heavy atom. The highest BCUT2D eigenvalue weighted by atomic mass is 32.2. The molecule has 2 unspecified atom stereocenters. The van der Waals surface area contributed by atoms with Gasteiger partial charge in [-0.2, -0.15) is 11.8 Å². The van der Waals surface area contributed by atoms with Crippen LogP contribution >= 0.6 is 11.8 Å². The van der Waals surface area contributed by atoms with Gasteiger partial charge in [0.15, 0.2) is 0 Å². The van der Waals surface area contributed by atoms with Crippen molar-refractivity contribution in [1.29, 1.82) is 0 Å². The van der Waals surface area contributed by atoms with Gasteiger partial charge < -0.3 is 5.32 Å². The topological polar surface area (TPSA) is 12.0 Å². The first-order chi connectivity index (χ1) is 7.67. The Labute approximate surface area is 102 Å². The van der Waals surface area contributed by atoms with Crippen LogP contribution < -0.4 is 5.32 Å². The van der Waals surface area contributed by atoms with Crippen LogP contribution in [0.4, 0.5) is 4.39 Å². The molecule has 0 aliphatic heterocycles. The quantitative estimate of drug-likeness (QED) is 0.816. The summed E-state index contributed by atoms with van der Waals surface area (Å²) in [5, 5.41) is 3.52. The maximum Gasteiger partial charge on any atom is 0.123 e. The normalized spacial score (nSPS) is 14.8. The molecule has 1 nitrogen and oxygen atoms in total. The average Bonchev–Trinajstić information content (AvgIpc) is 2.26. The average molecular weight is 241 g/mol. The van der Waals surface area contributed by atoms with Crippen LogP contribution in [0.5, 0.6) is 0 Å². The Morgan fingerprint density at radius 2 is 2.19 bits per heavy atom. The Bertz CT molecular complexity index is 317. The third-order valence-electron chi connectivity index (χ3n) is 2.56. The monoisotopic (exact) mass is 241 g/mol. The number of rotatable bonds is 6. The van der Waals surface area contributed by atoms with Gasteiger partial charge in [-0.1, -0.05) is 19.1 Å². The molecule has 0 aliphatic rings. The van der Waals surface area contributed by atoms with Gasteiger partial charge in [-0.3, -0.25) is 0 Å². The van der Waals surface area contributed by atoms with Crippen LogP contribution in [0.3, 0.4) is 0 Å². The summed E-state index contributed by atoms with van der Waals surface area (Å²) in [4.78, 5) is 0. The maximum atomic E-state index is 13.1. The lowest BCUT2D eigenvalue weighted by atomic mass is 10.0. The van der Waals surface area contributed by atoms with Crippen LogP contribution in [0.2, 0.25) is 0 Å². The smallest absolute Gasteiger partial charge is 0.123 e. The predicted octanol–water partition coefficient (Wildman–Crippen LogP) is 3.62. The first kappa shape index (κ1) is 13.5. The van der Waals surface area contributed by atoms with E-state index in [-0.39, 0.29) is 11.9 Å². The van der Waals surface area contributed by atoms with Crippen LogP contribution in [0.25, 0.3) is 0 Å². The fraction of sp³-hybridized carbons (Fsp3) is 0.538. The van der Waals surface area contributed by atoms with Gasteiger partial charge in [0.1, 0.15) is 5.82 Å². The van der Waals surface area contributed by atoms with E-state index in [1.54, 1.807) is 12.1 Å². The van der Waals surface area contributed by atoms with Gasteiger partial charge in [0.2, 0.25) is 0 Å². The molecule has 0 spiro atoms. The highest BCUT2D eigenvalue weighted by Gasteiger charge is 2.12. The number of thioether (sulfide) groups is 1. The van der Waals surface area contributed by atoms with Crippen molar-refractivity contribution in [3.63, 3.8) is 0 Å². The van der Waals surface area contributed by atoms with Crippen molar-refractivity contribution in [2.75, 3.05) is 12.0 Å². The molecule has 0 radical (unpaired) electrons. The molecule has 0 saturated heterocycles. The lowest BCUT2D eigenvalue weighted by molar-refractivity contribution is 0.468. The van der Waals surface area contributed by atoms with E-state index in [1.807, 2.05) is 17.8 Å². The summed E-state index contributed by atoms with van der Waals surface area (Å²) in [6.07, 6.45) is 3.07. The van der Waals surface area contributed by atoms with E-state index in [4.69, 9.17) is 0 Å². The molecule has 0 aliphatic carbocycles. The van der Waals surface area contributed by atoms with Crippen molar-refractivity contribution < 1.29 is 4.39 Å². The third-order valence-corrected chi connectivity index (χ3v) is 3.39. The van der Waals surface area contributed by atoms with Gasteiger partial charge in [0.25, 0.3) is 0 Å². The van der Waals surface area contributed by atoms with Crippen LogP contribution in [-0.4, -0.2) is 18.1 Å². The van der Waals surface area contributed by atoms with Crippen molar-refractivity contribution in [3.8, 4) is 0 Å². The van der Waals surface area contributed by atoms with Crippen molar-refractivity contribution in [2.45, 2.75) is 32.4 Å². The Balaban J connectivity index is 2.67.